The highest BCUT2D eigenvalue weighted by atomic mass is 19.4. The summed E-state index contributed by atoms with van der Waals surface area (Å²) in [5.74, 6) is -1.71. The summed E-state index contributed by atoms with van der Waals surface area (Å²) in [6, 6.07) is 9.94. The van der Waals surface area contributed by atoms with Crippen molar-refractivity contribution in [2.75, 3.05) is 0 Å². The smallest absolute Gasteiger partial charge is 0.416 e. The molecule has 1 amide bonds. The summed E-state index contributed by atoms with van der Waals surface area (Å²) in [4.78, 5) is 22.8. The monoisotopic (exact) mass is 366 g/mol. The van der Waals surface area contributed by atoms with Crippen LogP contribution in [0.2, 0.25) is 0 Å². The van der Waals surface area contributed by atoms with Crippen molar-refractivity contribution in [1.29, 1.82) is 0 Å². The topological polar surface area (TPSA) is 92.4 Å². The van der Waals surface area contributed by atoms with Gasteiger partial charge in [0, 0.05) is 12.1 Å². The Morgan fingerprint density at radius 1 is 1.08 bits per heavy atom. The Balaban J connectivity index is 1.96. The highest BCUT2D eigenvalue weighted by Gasteiger charge is 2.30. The molecule has 0 fully saturated rings. The second-order valence-corrected chi connectivity index (χ2v) is 5.73. The predicted octanol–water partition coefficient (Wildman–Crippen LogP) is 2.59. The van der Waals surface area contributed by atoms with Crippen LogP contribution in [0.15, 0.2) is 48.5 Å². The molecule has 0 bridgehead atoms. The number of hydrogen-bond donors (Lipinski definition) is 3. The van der Waals surface area contributed by atoms with Crippen LogP contribution in [-0.4, -0.2) is 23.0 Å². The van der Waals surface area contributed by atoms with Crippen molar-refractivity contribution in [3.8, 4) is 0 Å². The van der Waals surface area contributed by atoms with Gasteiger partial charge < -0.3 is 16.2 Å². The van der Waals surface area contributed by atoms with E-state index in [0.717, 1.165) is 23.3 Å². The number of carbonyl (C=O) groups excluding carboxylic acids is 1. The molecule has 1 unspecified atom stereocenters. The maximum atomic E-state index is 12.7. The predicted molar refractivity (Wildman–Crippen MR) is 88.4 cm³/mol. The molecule has 2 rings (SSSR count). The SMILES string of the molecule is NC(Cc1ccc(CNC(=O)c2cccc(C(F)(F)F)c2)cc1)C(=O)O. The molecule has 0 aromatic heterocycles. The van der Waals surface area contributed by atoms with Crippen LogP contribution in [0.5, 0.6) is 0 Å². The molecular weight excluding hydrogens is 349 g/mol. The maximum Gasteiger partial charge on any atom is 0.416 e. The van der Waals surface area contributed by atoms with Crippen molar-refractivity contribution in [2.45, 2.75) is 25.2 Å². The zero-order valence-electron chi connectivity index (χ0n) is 13.6. The van der Waals surface area contributed by atoms with E-state index in [1.54, 1.807) is 24.3 Å². The first-order valence-corrected chi connectivity index (χ1v) is 7.68. The van der Waals surface area contributed by atoms with Gasteiger partial charge in [-0.05, 0) is 35.7 Å². The van der Waals surface area contributed by atoms with E-state index < -0.39 is 29.7 Å². The van der Waals surface area contributed by atoms with Gasteiger partial charge in [0.25, 0.3) is 5.91 Å². The van der Waals surface area contributed by atoms with Gasteiger partial charge in [-0.2, -0.15) is 13.2 Å². The molecular formula is C18H17F3N2O3. The van der Waals surface area contributed by atoms with Crippen molar-refractivity contribution in [1.82, 2.24) is 5.32 Å². The number of carboxylic acids is 1. The second-order valence-electron chi connectivity index (χ2n) is 5.73. The minimum Gasteiger partial charge on any atom is -0.480 e. The number of halogens is 3. The normalized spacial score (nSPS) is 12.5. The third kappa shape index (κ3) is 5.32. The molecule has 1 atom stereocenters. The van der Waals surface area contributed by atoms with E-state index in [-0.39, 0.29) is 18.5 Å². The van der Waals surface area contributed by atoms with Crippen LogP contribution in [-0.2, 0) is 23.9 Å². The molecule has 8 heteroatoms. The fraction of sp³-hybridized carbons (Fsp3) is 0.222. The lowest BCUT2D eigenvalue weighted by molar-refractivity contribution is -0.139. The number of aliphatic carboxylic acids is 1. The number of nitrogens with one attached hydrogen (secondary N) is 1. The van der Waals surface area contributed by atoms with Crippen LogP contribution in [0.25, 0.3) is 0 Å². The molecule has 26 heavy (non-hydrogen) atoms. The fourth-order valence-electron chi connectivity index (χ4n) is 2.26. The van der Waals surface area contributed by atoms with E-state index in [1.807, 2.05) is 0 Å². The van der Waals surface area contributed by atoms with Gasteiger partial charge in [0.1, 0.15) is 6.04 Å². The summed E-state index contributed by atoms with van der Waals surface area (Å²) < 4.78 is 38.0. The molecule has 4 N–H and O–H groups in total. The summed E-state index contributed by atoms with van der Waals surface area (Å²) in [6.45, 7) is 0.125. The van der Waals surface area contributed by atoms with Gasteiger partial charge in [-0.25, -0.2) is 0 Å². The fourth-order valence-corrected chi connectivity index (χ4v) is 2.26. The molecule has 0 spiro atoms. The van der Waals surface area contributed by atoms with Crippen molar-refractivity contribution in [3.63, 3.8) is 0 Å². The number of rotatable bonds is 6. The average molecular weight is 366 g/mol. The summed E-state index contributed by atoms with van der Waals surface area (Å²) in [5.41, 5.74) is 5.94. The Hall–Kier alpha value is -2.87. The van der Waals surface area contributed by atoms with Gasteiger partial charge in [-0.3, -0.25) is 9.59 Å². The lowest BCUT2D eigenvalue weighted by Crippen LogP contribution is -2.32. The van der Waals surface area contributed by atoms with Gasteiger partial charge in [0.05, 0.1) is 5.56 Å². The minimum absolute atomic E-state index is 0.0797. The van der Waals surface area contributed by atoms with Crippen LogP contribution in [0.3, 0.4) is 0 Å². The standard InChI is InChI=1S/C18H17F3N2O3/c19-18(20,21)14-3-1-2-13(9-14)16(24)23-10-12-6-4-11(5-7-12)8-15(22)17(25)26/h1-7,9,15H,8,10,22H2,(H,23,24)(H,25,26). The number of benzene rings is 2. The van der Waals surface area contributed by atoms with Crippen molar-refractivity contribution >= 4 is 11.9 Å². The minimum atomic E-state index is -4.51. The van der Waals surface area contributed by atoms with E-state index >= 15 is 0 Å². The van der Waals surface area contributed by atoms with Crippen LogP contribution < -0.4 is 11.1 Å². The lowest BCUT2D eigenvalue weighted by Gasteiger charge is -2.10. The summed E-state index contributed by atoms with van der Waals surface area (Å²) in [5, 5.41) is 11.3. The van der Waals surface area contributed by atoms with Crippen molar-refractivity contribution in [3.05, 3.63) is 70.8 Å². The first-order chi connectivity index (χ1) is 12.2. The molecule has 0 aliphatic heterocycles. The highest BCUT2D eigenvalue weighted by Crippen LogP contribution is 2.29. The Morgan fingerprint density at radius 2 is 1.69 bits per heavy atom. The van der Waals surface area contributed by atoms with Crippen LogP contribution in [0.4, 0.5) is 13.2 Å². The first-order valence-electron chi connectivity index (χ1n) is 7.68. The molecule has 138 valence electrons. The largest absolute Gasteiger partial charge is 0.480 e. The molecule has 0 aliphatic carbocycles. The molecule has 0 radical (unpaired) electrons. The van der Waals surface area contributed by atoms with E-state index in [1.165, 1.54) is 12.1 Å². The first kappa shape index (κ1) is 19.5. The molecule has 2 aromatic carbocycles. The summed E-state index contributed by atoms with van der Waals surface area (Å²) in [7, 11) is 0. The average Bonchev–Trinajstić information content (AvgIpc) is 2.60. The van der Waals surface area contributed by atoms with Gasteiger partial charge in [0.2, 0.25) is 0 Å². The molecule has 0 saturated heterocycles. The number of alkyl halides is 3. The van der Waals surface area contributed by atoms with E-state index in [2.05, 4.69) is 5.32 Å². The van der Waals surface area contributed by atoms with Gasteiger partial charge in [-0.1, -0.05) is 30.3 Å². The van der Waals surface area contributed by atoms with Crippen LogP contribution in [0, 0.1) is 0 Å². The quantitative estimate of drug-likeness (QED) is 0.733. The Kier molecular flexibility index (Phi) is 5.99. The maximum absolute atomic E-state index is 12.7. The van der Waals surface area contributed by atoms with Gasteiger partial charge in [0.15, 0.2) is 0 Å². The van der Waals surface area contributed by atoms with Gasteiger partial charge >= 0.3 is 12.1 Å². The molecule has 0 aliphatic rings. The number of hydrogen-bond acceptors (Lipinski definition) is 3. The Bertz CT molecular complexity index is 789. The Morgan fingerprint density at radius 3 is 2.27 bits per heavy atom. The number of nitrogens with two attached hydrogens (primary N) is 1. The molecule has 5 nitrogen and oxygen atoms in total. The van der Waals surface area contributed by atoms with E-state index in [9.17, 15) is 22.8 Å². The van der Waals surface area contributed by atoms with Crippen molar-refractivity contribution < 1.29 is 27.9 Å². The van der Waals surface area contributed by atoms with Crippen molar-refractivity contribution in [2.24, 2.45) is 5.73 Å². The third-order valence-electron chi connectivity index (χ3n) is 3.70. The number of carboxylic acid groups (broad SMARTS) is 1. The van der Waals surface area contributed by atoms with E-state index in [4.69, 9.17) is 10.8 Å². The Labute approximate surface area is 147 Å². The van der Waals surface area contributed by atoms with Crippen LogP contribution in [0.1, 0.15) is 27.0 Å². The zero-order valence-corrected chi connectivity index (χ0v) is 13.6. The molecule has 0 saturated carbocycles. The van der Waals surface area contributed by atoms with E-state index in [0.29, 0.717) is 0 Å². The highest BCUT2D eigenvalue weighted by molar-refractivity contribution is 5.94. The lowest BCUT2D eigenvalue weighted by atomic mass is 10.0. The third-order valence-corrected chi connectivity index (χ3v) is 3.70. The molecule has 0 heterocycles. The molecule has 2 aromatic rings. The number of amides is 1. The van der Waals surface area contributed by atoms with Crippen LogP contribution >= 0.6 is 0 Å². The second kappa shape index (κ2) is 8.01. The van der Waals surface area contributed by atoms with Gasteiger partial charge in [-0.15, -0.1) is 0 Å². The summed E-state index contributed by atoms with van der Waals surface area (Å²) in [6.07, 6.45) is -4.34. The zero-order chi connectivity index (χ0) is 19.3. The summed E-state index contributed by atoms with van der Waals surface area (Å²) >= 11 is 0. The number of carbonyl (C=O) groups is 2.